The molecule has 0 aliphatic heterocycles. The molecule has 0 aromatic heterocycles. The van der Waals surface area contributed by atoms with E-state index < -0.39 is 11.8 Å². The Labute approximate surface area is 113 Å². The quantitative estimate of drug-likeness (QED) is 0.844. The van der Waals surface area contributed by atoms with E-state index in [1.54, 1.807) is 0 Å². The first-order valence-electron chi connectivity index (χ1n) is 5.23. The lowest BCUT2D eigenvalue weighted by atomic mass is 10.2. The van der Waals surface area contributed by atoms with Crippen LogP contribution in [0.3, 0.4) is 0 Å². The molecule has 0 saturated heterocycles. The smallest absolute Gasteiger partial charge is 0.335 e. The third-order valence-corrected chi connectivity index (χ3v) is 2.69. The second kappa shape index (κ2) is 5.16. The molecule has 0 atom stereocenters. The number of hydrogen-bond acceptors (Lipinski definition) is 3. The van der Waals surface area contributed by atoms with Gasteiger partial charge in [-0.05, 0) is 30.3 Å². The number of halogens is 2. The monoisotopic (exact) mass is 281 g/mol. The number of carboxylic acids is 1. The van der Waals surface area contributed by atoms with Crippen LogP contribution in [-0.2, 0) is 0 Å². The van der Waals surface area contributed by atoms with Crippen LogP contribution in [-0.4, -0.2) is 11.1 Å². The number of carboxylic acid groups (broad SMARTS) is 1. The van der Waals surface area contributed by atoms with E-state index in [4.69, 9.17) is 27.2 Å². The number of nitrogens with two attached hydrogens (primary N) is 1. The van der Waals surface area contributed by atoms with Crippen molar-refractivity contribution in [2.24, 2.45) is 0 Å². The zero-order valence-corrected chi connectivity index (χ0v) is 10.3. The van der Waals surface area contributed by atoms with Gasteiger partial charge in [0, 0.05) is 6.07 Å². The van der Waals surface area contributed by atoms with Gasteiger partial charge in [-0.3, -0.25) is 0 Å². The van der Waals surface area contributed by atoms with Gasteiger partial charge in [0.15, 0.2) is 5.75 Å². The third-order valence-electron chi connectivity index (χ3n) is 2.38. The highest BCUT2D eigenvalue weighted by Crippen LogP contribution is 2.30. The molecule has 4 nitrogen and oxygen atoms in total. The second-order valence-corrected chi connectivity index (χ2v) is 4.14. The molecule has 19 heavy (non-hydrogen) atoms. The average molecular weight is 282 g/mol. The molecule has 98 valence electrons. The third kappa shape index (κ3) is 2.95. The molecule has 2 aromatic carbocycles. The molecule has 0 aliphatic carbocycles. The van der Waals surface area contributed by atoms with Gasteiger partial charge in [0.1, 0.15) is 11.6 Å². The van der Waals surface area contributed by atoms with Crippen molar-refractivity contribution in [3.05, 3.63) is 52.8 Å². The number of benzene rings is 2. The van der Waals surface area contributed by atoms with Crippen molar-refractivity contribution in [3.8, 4) is 11.5 Å². The molecule has 0 fully saturated rings. The average Bonchev–Trinajstić information content (AvgIpc) is 2.36. The topological polar surface area (TPSA) is 72.6 Å². The fraction of sp³-hybridized carbons (Fsp3) is 0. The van der Waals surface area contributed by atoms with E-state index in [2.05, 4.69) is 0 Å². The van der Waals surface area contributed by atoms with Gasteiger partial charge in [-0.1, -0.05) is 11.6 Å². The summed E-state index contributed by atoms with van der Waals surface area (Å²) in [5.41, 5.74) is 5.94. The molecule has 0 unspecified atom stereocenters. The zero-order chi connectivity index (χ0) is 14.0. The van der Waals surface area contributed by atoms with E-state index >= 15 is 0 Å². The molecule has 0 aliphatic rings. The summed E-state index contributed by atoms with van der Waals surface area (Å²) in [5.74, 6) is -1.42. The summed E-state index contributed by atoms with van der Waals surface area (Å²) in [5, 5.41) is 8.84. The molecule has 0 radical (unpaired) electrons. The van der Waals surface area contributed by atoms with Crippen molar-refractivity contribution in [1.82, 2.24) is 0 Å². The number of hydrogen-bond donors (Lipinski definition) is 2. The van der Waals surface area contributed by atoms with Crippen LogP contribution in [0.15, 0.2) is 36.4 Å². The van der Waals surface area contributed by atoms with E-state index in [0.717, 1.165) is 6.07 Å². The number of rotatable bonds is 3. The highest BCUT2D eigenvalue weighted by molar-refractivity contribution is 6.30. The Morgan fingerprint density at radius 1 is 1.26 bits per heavy atom. The number of carbonyl (C=O) groups is 1. The maximum Gasteiger partial charge on any atom is 0.335 e. The fourth-order valence-electron chi connectivity index (χ4n) is 1.42. The largest absolute Gasteiger partial charge is 0.478 e. The molecule has 0 heterocycles. The summed E-state index contributed by atoms with van der Waals surface area (Å²) in [6.07, 6.45) is 0. The Bertz CT molecular complexity index is 646. The van der Waals surface area contributed by atoms with Crippen LogP contribution in [0.2, 0.25) is 5.02 Å². The maximum atomic E-state index is 13.3. The highest BCUT2D eigenvalue weighted by atomic mass is 35.5. The predicted molar refractivity (Wildman–Crippen MR) is 69.3 cm³/mol. The highest BCUT2D eigenvalue weighted by Gasteiger charge is 2.09. The number of anilines is 1. The normalized spacial score (nSPS) is 10.2. The molecule has 2 aromatic rings. The summed E-state index contributed by atoms with van der Waals surface area (Å²) in [6, 6.07) is 7.92. The molecular formula is C13H9ClFNO3. The van der Waals surface area contributed by atoms with Gasteiger partial charge in [-0.15, -0.1) is 0 Å². The van der Waals surface area contributed by atoms with Crippen molar-refractivity contribution in [2.45, 2.75) is 0 Å². The van der Waals surface area contributed by atoms with Gasteiger partial charge < -0.3 is 15.6 Å². The van der Waals surface area contributed by atoms with Crippen LogP contribution >= 0.6 is 11.6 Å². The summed E-state index contributed by atoms with van der Waals surface area (Å²) in [6.45, 7) is 0. The first-order valence-corrected chi connectivity index (χ1v) is 5.61. The van der Waals surface area contributed by atoms with Crippen molar-refractivity contribution in [1.29, 1.82) is 0 Å². The molecule has 0 spiro atoms. The van der Waals surface area contributed by atoms with Gasteiger partial charge in [-0.25, -0.2) is 9.18 Å². The maximum absolute atomic E-state index is 13.3. The van der Waals surface area contributed by atoms with Crippen LogP contribution in [0.5, 0.6) is 11.5 Å². The van der Waals surface area contributed by atoms with Crippen LogP contribution in [0, 0.1) is 5.82 Å². The van der Waals surface area contributed by atoms with Crippen LogP contribution in [0.4, 0.5) is 10.1 Å². The molecular weight excluding hydrogens is 273 g/mol. The molecule has 3 N–H and O–H groups in total. The minimum absolute atomic E-state index is 0.0265. The molecule has 0 amide bonds. The van der Waals surface area contributed by atoms with Gasteiger partial charge in [0.25, 0.3) is 0 Å². The molecule has 0 saturated carbocycles. The van der Waals surface area contributed by atoms with E-state index in [9.17, 15) is 9.18 Å². The zero-order valence-electron chi connectivity index (χ0n) is 9.56. The lowest BCUT2D eigenvalue weighted by Crippen LogP contribution is -1.99. The van der Waals surface area contributed by atoms with Crippen molar-refractivity contribution >= 4 is 23.3 Å². The SMILES string of the molecule is Nc1ccc(C(=O)O)cc1Oc1ccc(Cl)c(F)c1. The molecule has 6 heteroatoms. The minimum atomic E-state index is -1.10. The second-order valence-electron chi connectivity index (χ2n) is 3.74. The molecule has 0 bridgehead atoms. The Morgan fingerprint density at radius 2 is 2.00 bits per heavy atom. The Hall–Kier alpha value is -2.27. The Balaban J connectivity index is 2.34. The van der Waals surface area contributed by atoms with Gasteiger partial charge in [0.05, 0.1) is 16.3 Å². The van der Waals surface area contributed by atoms with Crippen molar-refractivity contribution in [3.63, 3.8) is 0 Å². The summed E-state index contributed by atoms with van der Waals surface area (Å²) in [7, 11) is 0. The summed E-state index contributed by atoms with van der Waals surface area (Å²) in [4.78, 5) is 10.8. The van der Waals surface area contributed by atoms with Crippen molar-refractivity contribution in [2.75, 3.05) is 5.73 Å². The number of nitrogen functional groups attached to an aromatic ring is 1. The fourth-order valence-corrected chi connectivity index (χ4v) is 1.54. The van der Waals surface area contributed by atoms with E-state index in [1.807, 2.05) is 0 Å². The van der Waals surface area contributed by atoms with E-state index in [0.29, 0.717) is 0 Å². The first-order chi connectivity index (χ1) is 8.97. The lowest BCUT2D eigenvalue weighted by Gasteiger charge is -2.09. The number of ether oxygens (including phenoxy) is 1. The standard InChI is InChI=1S/C13H9ClFNO3/c14-9-3-2-8(6-10(9)15)19-12-5-7(13(17)18)1-4-11(12)16/h1-6H,16H2,(H,17,18). The first kappa shape index (κ1) is 13.2. The minimum Gasteiger partial charge on any atom is -0.478 e. The van der Waals surface area contributed by atoms with Crippen molar-refractivity contribution < 1.29 is 19.0 Å². The predicted octanol–water partition coefficient (Wildman–Crippen LogP) is 3.55. The van der Waals surface area contributed by atoms with E-state index in [1.165, 1.54) is 30.3 Å². The summed E-state index contributed by atoms with van der Waals surface area (Å²) >= 11 is 5.55. The lowest BCUT2D eigenvalue weighted by molar-refractivity contribution is 0.0696. The Morgan fingerprint density at radius 3 is 2.63 bits per heavy atom. The van der Waals surface area contributed by atoms with Gasteiger partial charge >= 0.3 is 5.97 Å². The van der Waals surface area contributed by atoms with E-state index in [-0.39, 0.29) is 27.8 Å². The van der Waals surface area contributed by atoms with Gasteiger partial charge in [0.2, 0.25) is 0 Å². The Kier molecular flexibility index (Phi) is 3.57. The van der Waals surface area contributed by atoms with Gasteiger partial charge in [-0.2, -0.15) is 0 Å². The van der Waals surface area contributed by atoms with Crippen LogP contribution in [0.1, 0.15) is 10.4 Å². The molecule has 2 rings (SSSR count). The van der Waals surface area contributed by atoms with Crippen LogP contribution in [0.25, 0.3) is 0 Å². The number of aromatic carboxylic acids is 1. The summed E-state index contributed by atoms with van der Waals surface area (Å²) < 4.78 is 18.6. The van der Waals surface area contributed by atoms with Crippen LogP contribution < -0.4 is 10.5 Å².